The molecule has 4 fully saturated rings. The van der Waals surface area contributed by atoms with Gasteiger partial charge in [0.15, 0.2) is 17.3 Å². The Morgan fingerprint density at radius 1 is 0.952 bits per heavy atom. The Labute approximate surface area is 372 Å². The number of hydrogen-bond donors (Lipinski definition) is 5. The van der Waals surface area contributed by atoms with Gasteiger partial charge in [0.25, 0.3) is 0 Å². The van der Waals surface area contributed by atoms with Gasteiger partial charge in [-0.25, -0.2) is 4.98 Å². The van der Waals surface area contributed by atoms with E-state index < -0.39 is 23.5 Å². The van der Waals surface area contributed by atoms with Gasteiger partial charge in [-0.2, -0.15) is 0 Å². The number of Topliss-reactive ketones (excluding diaryl/α,β-unsaturated/α-hetero) is 2. The summed E-state index contributed by atoms with van der Waals surface area (Å²) in [5.41, 5.74) is 9.04. The number of phenols is 1. The van der Waals surface area contributed by atoms with Crippen molar-refractivity contribution in [1.82, 2.24) is 10.3 Å². The van der Waals surface area contributed by atoms with Gasteiger partial charge in [-0.3, -0.25) is 9.59 Å². The minimum absolute atomic E-state index is 0.0116. The number of nitrogen functional groups attached to an aromatic ring is 1. The molecule has 9 nitrogen and oxygen atoms in total. The predicted molar refractivity (Wildman–Crippen MR) is 246 cm³/mol. The highest BCUT2D eigenvalue weighted by Gasteiger charge is 2.51. The predicted octanol–water partition coefficient (Wildman–Crippen LogP) is 8.94. The number of ether oxygens (including phenoxy) is 1. The van der Waals surface area contributed by atoms with Gasteiger partial charge < -0.3 is 31.1 Å². The van der Waals surface area contributed by atoms with Crippen molar-refractivity contribution < 1.29 is 29.6 Å². The molecule has 1 saturated heterocycles. The van der Waals surface area contributed by atoms with Crippen LogP contribution in [0.25, 0.3) is 10.8 Å². The lowest BCUT2D eigenvalue weighted by Gasteiger charge is -2.49. The van der Waals surface area contributed by atoms with Gasteiger partial charge >= 0.3 is 0 Å². The summed E-state index contributed by atoms with van der Waals surface area (Å²) in [6.07, 6.45) is 13.7. The van der Waals surface area contributed by atoms with Crippen LogP contribution in [0.2, 0.25) is 0 Å². The van der Waals surface area contributed by atoms with Crippen LogP contribution < -0.4 is 15.8 Å². The van der Waals surface area contributed by atoms with E-state index in [4.69, 9.17) is 10.5 Å². The molecule has 5 aliphatic rings. The molecule has 9 heteroatoms. The number of aromatic nitrogens is 1. The summed E-state index contributed by atoms with van der Waals surface area (Å²) >= 11 is 0. The molecule has 0 amide bonds. The number of phenolic OH excluding ortho intramolecular Hbond substituents is 1. The van der Waals surface area contributed by atoms with Crippen LogP contribution in [-0.2, 0) is 16.0 Å². The van der Waals surface area contributed by atoms with Gasteiger partial charge in [-0.15, -0.1) is 0 Å². The van der Waals surface area contributed by atoms with Gasteiger partial charge in [0.2, 0.25) is 0 Å². The van der Waals surface area contributed by atoms with Crippen molar-refractivity contribution in [3.63, 3.8) is 0 Å². The summed E-state index contributed by atoms with van der Waals surface area (Å²) in [5.74, 6) is 9.09. The Balaban J connectivity index is 0.951. The lowest BCUT2D eigenvalue weighted by molar-refractivity contribution is -0.135. The number of benzene rings is 3. The number of nitrogens with zero attached hydrogens (tertiary/aromatic N) is 1. The number of pyridine rings is 1. The number of ketones is 2. The van der Waals surface area contributed by atoms with Crippen molar-refractivity contribution in [2.45, 2.75) is 139 Å². The van der Waals surface area contributed by atoms with Crippen LogP contribution in [0, 0.1) is 40.4 Å². The molecule has 9 atom stereocenters. The maximum atomic E-state index is 14.5. The van der Waals surface area contributed by atoms with E-state index >= 15 is 0 Å². The first-order valence-electron chi connectivity index (χ1n) is 23.8. The smallest absolute Gasteiger partial charge is 0.160 e. The van der Waals surface area contributed by atoms with E-state index in [0.29, 0.717) is 92.5 Å². The van der Waals surface area contributed by atoms with E-state index in [9.17, 15) is 24.9 Å². The molecule has 0 radical (unpaired) electrons. The van der Waals surface area contributed by atoms with Gasteiger partial charge in [0.1, 0.15) is 17.0 Å². The van der Waals surface area contributed by atoms with Crippen molar-refractivity contribution in [1.29, 1.82) is 0 Å². The first-order valence-corrected chi connectivity index (χ1v) is 23.8. The van der Waals surface area contributed by atoms with E-state index in [1.807, 2.05) is 30.3 Å². The quantitative estimate of drug-likeness (QED) is 0.0931. The summed E-state index contributed by atoms with van der Waals surface area (Å²) in [6, 6.07) is 22.4. The molecule has 4 aromatic rings. The third-order valence-corrected chi connectivity index (χ3v) is 16.3. The molecule has 9 unspecified atom stereocenters. The van der Waals surface area contributed by atoms with Crippen LogP contribution in [0.1, 0.15) is 137 Å². The largest absolute Gasteiger partial charge is 0.504 e. The second kappa shape index (κ2) is 18.4. The zero-order chi connectivity index (χ0) is 43.7. The van der Waals surface area contributed by atoms with Crippen LogP contribution in [0.3, 0.4) is 0 Å². The number of anilines is 1. The van der Waals surface area contributed by atoms with E-state index in [0.717, 1.165) is 58.8 Å². The summed E-state index contributed by atoms with van der Waals surface area (Å²) in [4.78, 5) is 31.0. The molecular formula is C54H65N3O6. The molecule has 9 rings (SSSR count). The third-order valence-electron chi connectivity index (χ3n) is 16.3. The average Bonchev–Trinajstić information content (AvgIpc) is 3.78. The number of nitrogens with one attached hydrogen (secondary N) is 1. The highest BCUT2D eigenvalue weighted by molar-refractivity contribution is 5.89. The summed E-state index contributed by atoms with van der Waals surface area (Å²) < 4.78 is 5.53. The minimum atomic E-state index is -1.17. The SMILES string of the molecule is COc1cc2c(cc1O)C(CCC(O)CC(c1ccnc(N)c1)c1ccc3ccccc3c1)C#CC1(CCC(CC3(C4CNC5CC(=O)CCC5C4)CCCC3)CC1O)C(=O)CC2. The summed E-state index contributed by atoms with van der Waals surface area (Å²) in [5, 5.41) is 41.3. The molecule has 0 bridgehead atoms. The van der Waals surface area contributed by atoms with Gasteiger partial charge in [0.05, 0.1) is 19.3 Å². The van der Waals surface area contributed by atoms with Crippen molar-refractivity contribution in [3.8, 4) is 23.3 Å². The molecule has 332 valence electrons. The first-order chi connectivity index (χ1) is 30.5. The maximum absolute atomic E-state index is 14.5. The highest BCUT2D eigenvalue weighted by atomic mass is 16.5. The second-order valence-electron chi connectivity index (χ2n) is 20.0. The highest BCUT2D eigenvalue weighted by Crippen LogP contribution is 2.55. The Kier molecular flexibility index (Phi) is 12.7. The fraction of sp³-hybridized carbons (Fsp3) is 0.537. The molecular weight excluding hydrogens is 787 g/mol. The van der Waals surface area contributed by atoms with Gasteiger partial charge in [-0.1, -0.05) is 67.1 Å². The number of aryl methyl sites for hydroxylation is 1. The Hall–Kier alpha value is -4.75. The van der Waals surface area contributed by atoms with Crippen LogP contribution in [-0.4, -0.2) is 63.8 Å². The first kappa shape index (κ1) is 43.5. The minimum Gasteiger partial charge on any atom is -0.504 e. The number of aliphatic hydroxyl groups is 2. The third kappa shape index (κ3) is 9.01. The molecule has 2 heterocycles. The van der Waals surface area contributed by atoms with Gasteiger partial charge in [0, 0.05) is 43.3 Å². The number of carbonyl (C=O) groups excluding carboxylic acids is 2. The second-order valence-corrected chi connectivity index (χ2v) is 20.0. The summed E-state index contributed by atoms with van der Waals surface area (Å²) in [7, 11) is 1.52. The van der Waals surface area contributed by atoms with Crippen molar-refractivity contribution in [2.24, 2.45) is 28.6 Å². The number of hydrogen-bond acceptors (Lipinski definition) is 9. The Morgan fingerprint density at radius 2 is 1.76 bits per heavy atom. The van der Waals surface area contributed by atoms with E-state index in [2.05, 4.69) is 52.5 Å². The number of nitrogens with two attached hydrogens (primary N) is 1. The van der Waals surface area contributed by atoms with Crippen LogP contribution in [0.4, 0.5) is 5.82 Å². The summed E-state index contributed by atoms with van der Waals surface area (Å²) in [6.45, 7) is 0.969. The molecule has 3 saturated carbocycles. The number of methoxy groups -OCH3 is 1. The molecule has 1 aliphatic heterocycles. The average molecular weight is 852 g/mol. The van der Waals surface area contributed by atoms with E-state index in [1.54, 1.807) is 12.3 Å². The van der Waals surface area contributed by atoms with Crippen LogP contribution in [0.15, 0.2) is 72.9 Å². The molecule has 4 aliphatic carbocycles. The molecule has 1 spiro atoms. The van der Waals surface area contributed by atoms with E-state index in [-0.39, 0.29) is 29.3 Å². The normalized spacial score (nSPS) is 29.1. The number of aromatic hydroxyl groups is 1. The number of fused-ring (bicyclic) bond motifs is 3. The number of aliphatic hydroxyl groups excluding tert-OH is 2. The lowest BCUT2D eigenvalue weighted by Crippen LogP contribution is -2.53. The molecule has 63 heavy (non-hydrogen) atoms. The van der Waals surface area contributed by atoms with Crippen LogP contribution >= 0.6 is 0 Å². The topological polar surface area (TPSA) is 155 Å². The number of rotatable bonds is 11. The zero-order valence-electron chi connectivity index (χ0n) is 36.9. The van der Waals surface area contributed by atoms with E-state index in [1.165, 1.54) is 39.2 Å². The van der Waals surface area contributed by atoms with Crippen molar-refractivity contribution >= 4 is 28.2 Å². The van der Waals surface area contributed by atoms with Crippen LogP contribution in [0.5, 0.6) is 11.5 Å². The zero-order valence-corrected chi connectivity index (χ0v) is 36.9. The van der Waals surface area contributed by atoms with Crippen molar-refractivity contribution in [2.75, 3.05) is 19.4 Å². The standard InChI is InChI=1S/C54H65N3O6/c1-63-49-27-39-12-15-50(61)54(21-16-34(24-51(54)62)32-53(19-4-5-20-53)42-26-41-11-14-44(59)30-47(41)57-33-42)22-17-36(46(39)31-48(49)60)10-13-43(58)29-45(40-18-23-56-52(55)28-40)38-9-8-35-6-2-3-7-37(35)25-38/h2-3,6-9,18,23,25,27-28,31,34,36,41-43,45,47,51,57-58,60,62H,4-5,10-16,19-21,24,26,29-30,32-33H2,1H3,(H2,55,56). The monoisotopic (exact) mass is 851 g/mol. The molecule has 1 aromatic heterocycles. The fourth-order valence-corrected chi connectivity index (χ4v) is 12.8. The molecule has 3 aromatic carbocycles. The Bertz CT molecular complexity index is 2380. The number of carbonyl (C=O) groups is 2. The fourth-order valence-electron chi connectivity index (χ4n) is 12.8. The Morgan fingerprint density at radius 3 is 2.56 bits per heavy atom. The van der Waals surface area contributed by atoms with Crippen molar-refractivity contribution in [3.05, 3.63) is 95.2 Å². The maximum Gasteiger partial charge on any atom is 0.160 e. The molecule has 6 N–H and O–H groups in total. The van der Waals surface area contributed by atoms with Gasteiger partial charge in [-0.05, 0) is 164 Å². The lowest BCUT2D eigenvalue weighted by atomic mass is 9.58. The number of piperidine rings is 1.